The fourth-order valence-electron chi connectivity index (χ4n) is 2.68. The lowest BCUT2D eigenvalue weighted by Gasteiger charge is -2.46. The lowest BCUT2D eigenvalue weighted by molar-refractivity contribution is -0.151. The van der Waals surface area contributed by atoms with Crippen molar-refractivity contribution in [1.29, 1.82) is 0 Å². The van der Waals surface area contributed by atoms with E-state index in [9.17, 15) is 9.59 Å². The third-order valence-corrected chi connectivity index (χ3v) is 3.88. The molecule has 2 amide bonds. The molecule has 0 aromatic heterocycles. The summed E-state index contributed by atoms with van der Waals surface area (Å²) in [4.78, 5) is 24.5. The summed E-state index contributed by atoms with van der Waals surface area (Å²) >= 11 is 0. The first kappa shape index (κ1) is 17.4. The van der Waals surface area contributed by atoms with E-state index in [0.29, 0.717) is 11.5 Å². The van der Waals surface area contributed by atoms with Crippen LogP contribution in [0, 0.1) is 0 Å². The van der Waals surface area contributed by atoms with E-state index in [1.165, 1.54) is 18.2 Å². The van der Waals surface area contributed by atoms with Crippen molar-refractivity contribution in [3.63, 3.8) is 0 Å². The molecule has 2 rings (SSSR count). The molecule has 1 aromatic rings. The van der Waals surface area contributed by atoms with E-state index in [4.69, 9.17) is 19.8 Å². The molecule has 0 aliphatic carbocycles. The molecule has 130 valence electrons. The van der Waals surface area contributed by atoms with Gasteiger partial charge in [-0.3, -0.25) is 4.79 Å². The van der Waals surface area contributed by atoms with Gasteiger partial charge in [0.25, 0.3) is 0 Å². The van der Waals surface area contributed by atoms with Crippen LogP contribution in [0.4, 0.5) is 4.79 Å². The minimum atomic E-state index is -1.28. The molecule has 1 aliphatic heterocycles. The quantitative estimate of drug-likeness (QED) is 0.294. The van der Waals surface area contributed by atoms with E-state index in [2.05, 4.69) is 10.5 Å². The van der Waals surface area contributed by atoms with Crippen LogP contribution in [-0.4, -0.2) is 59.7 Å². The fourth-order valence-corrected chi connectivity index (χ4v) is 2.68. The molecule has 0 saturated carbocycles. The highest BCUT2D eigenvalue weighted by Crippen LogP contribution is 2.30. The highest BCUT2D eigenvalue weighted by Gasteiger charge is 2.47. The predicted molar refractivity (Wildman–Crippen MR) is 83.7 cm³/mol. The normalized spacial score (nSPS) is 19.9. The van der Waals surface area contributed by atoms with Crippen LogP contribution >= 0.6 is 0 Å². The summed E-state index contributed by atoms with van der Waals surface area (Å²) in [5.41, 5.74) is 0.756. The SMILES string of the molecule is COc1ccc(CN2C(=O)[C@@H](NC(=O)O)[C@H]2C/C=N/O)c(OC)c1. The number of amides is 2. The van der Waals surface area contributed by atoms with Crippen LogP contribution in [0.15, 0.2) is 23.4 Å². The van der Waals surface area contributed by atoms with Crippen LogP contribution < -0.4 is 14.8 Å². The maximum Gasteiger partial charge on any atom is 0.405 e. The number of hydrogen-bond donors (Lipinski definition) is 3. The molecule has 1 heterocycles. The van der Waals surface area contributed by atoms with Gasteiger partial charge in [0.15, 0.2) is 0 Å². The summed E-state index contributed by atoms with van der Waals surface area (Å²) in [6.45, 7) is 0.244. The van der Waals surface area contributed by atoms with Crippen molar-refractivity contribution in [1.82, 2.24) is 10.2 Å². The van der Waals surface area contributed by atoms with Crippen molar-refractivity contribution in [3.05, 3.63) is 23.8 Å². The number of hydrogen-bond acceptors (Lipinski definition) is 6. The Labute approximate surface area is 138 Å². The Morgan fingerprint density at radius 1 is 1.42 bits per heavy atom. The number of nitrogens with zero attached hydrogens (tertiary/aromatic N) is 2. The molecule has 0 radical (unpaired) electrons. The van der Waals surface area contributed by atoms with Gasteiger partial charge in [-0.2, -0.15) is 0 Å². The molecule has 0 bridgehead atoms. The molecule has 24 heavy (non-hydrogen) atoms. The van der Waals surface area contributed by atoms with E-state index in [0.717, 1.165) is 5.56 Å². The molecule has 0 spiro atoms. The molecular formula is C15H19N3O6. The Bertz CT molecular complexity index is 648. The smallest absolute Gasteiger partial charge is 0.405 e. The Balaban J connectivity index is 2.18. The number of ether oxygens (including phenoxy) is 2. The summed E-state index contributed by atoms with van der Waals surface area (Å²) in [7, 11) is 3.06. The summed E-state index contributed by atoms with van der Waals surface area (Å²) in [6.07, 6.45) is 0.179. The Kier molecular flexibility index (Phi) is 5.46. The zero-order valence-electron chi connectivity index (χ0n) is 13.3. The lowest BCUT2D eigenvalue weighted by Crippen LogP contribution is -2.70. The van der Waals surface area contributed by atoms with Gasteiger partial charge in [-0.15, -0.1) is 5.16 Å². The number of carbonyl (C=O) groups excluding carboxylic acids is 1. The zero-order chi connectivity index (χ0) is 17.7. The molecule has 2 atom stereocenters. The van der Waals surface area contributed by atoms with Gasteiger partial charge in [0.2, 0.25) is 5.91 Å². The van der Waals surface area contributed by atoms with E-state index in [1.807, 2.05) is 0 Å². The van der Waals surface area contributed by atoms with Crippen LogP contribution in [0.1, 0.15) is 12.0 Å². The zero-order valence-corrected chi connectivity index (χ0v) is 13.3. The lowest BCUT2D eigenvalue weighted by atomic mass is 9.91. The monoisotopic (exact) mass is 337 g/mol. The largest absolute Gasteiger partial charge is 0.497 e. The summed E-state index contributed by atoms with van der Waals surface area (Å²) in [5, 5.41) is 22.5. The van der Waals surface area contributed by atoms with Crippen LogP contribution in [0.25, 0.3) is 0 Å². The van der Waals surface area contributed by atoms with Gasteiger partial charge in [-0.05, 0) is 12.1 Å². The summed E-state index contributed by atoms with van der Waals surface area (Å²) < 4.78 is 10.4. The third-order valence-electron chi connectivity index (χ3n) is 3.88. The molecule has 1 aromatic carbocycles. The summed E-state index contributed by atoms with van der Waals surface area (Å²) in [5.74, 6) is 0.845. The van der Waals surface area contributed by atoms with Gasteiger partial charge < -0.3 is 30.0 Å². The van der Waals surface area contributed by atoms with Gasteiger partial charge >= 0.3 is 6.09 Å². The van der Waals surface area contributed by atoms with Crippen molar-refractivity contribution < 1.29 is 29.4 Å². The number of benzene rings is 1. The Hall–Kier alpha value is -2.97. The molecule has 1 saturated heterocycles. The van der Waals surface area contributed by atoms with Gasteiger partial charge in [-0.25, -0.2) is 4.79 Å². The van der Waals surface area contributed by atoms with Crippen LogP contribution in [0.2, 0.25) is 0 Å². The van der Waals surface area contributed by atoms with E-state index >= 15 is 0 Å². The van der Waals surface area contributed by atoms with Crippen molar-refractivity contribution in [2.45, 2.75) is 25.0 Å². The minimum Gasteiger partial charge on any atom is -0.497 e. The van der Waals surface area contributed by atoms with Gasteiger partial charge in [0, 0.05) is 30.8 Å². The molecule has 1 fully saturated rings. The standard InChI is InChI=1S/C15H19N3O6/c1-23-10-4-3-9(12(7-10)24-2)8-18-11(5-6-16-22)13(14(18)19)17-15(20)21/h3-4,6-7,11,13,17,22H,5,8H2,1-2H3,(H,20,21)/b16-6+/t11-,13+/m1/s1. The predicted octanol–water partition coefficient (Wildman–Crippen LogP) is 0.901. The minimum absolute atomic E-state index is 0.228. The third kappa shape index (κ3) is 3.50. The Morgan fingerprint density at radius 2 is 2.17 bits per heavy atom. The number of oxime groups is 1. The number of carbonyl (C=O) groups is 2. The number of methoxy groups -OCH3 is 2. The second-order valence-electron chi connectivity index (χ2n) is 5.17. The van der Waals surface area contributed by atoms with Crippen molar-refractivity contribution in [2.24, 2.45) is 5.16 Å². The molecule has 9 nitrogen and oxygen atoms in total. The van der Waals surface area contributed by atoms with Crippen molar-refractivity contribution in [3.8, 4) is 11.5 Å². The molecule has 3 N–H and O–H groups in total. The topological polar surface area (TPSA) is 121 Å². The molecule has 1 aliphatic rings. The fraction of sp³-hybridized carbons (Fsp3) is 0.400. The van der Waals surface area contributed by atoms with Crippen LogP contribution in [-0.2, 0) is 11.3 Å². The van der Waals surface area contributed by atoms with E-state index in [1.54, 1.807) is 25.3 Å². The number of rotatable bonds is 7. The highest BCUT2D eigenvalue weighted by molar-refractivity contribution is 5.93. The van der Waals surface area contributed by atoms with Gasteiger partial charge in [-0.1, -0.05) is 0 Å². The average Bonchev–Trinajstić information content (AvgIpc) is 2.59. The number of likely N-dealkylation sites (tertiary alicyclic amines) is 1. The van der Waals surface area contributed by atoms with E-state index < -0.39 is 18.2 Å². The molecule has 9 heteroatoms. The van der Waals surface area contributed by atoms with Gasteiger partial charge in [0.05, 0.1) is 20.3 Å². The van der Waals surface area contributed by atoms with Gasteiger partial charge in [0.1, 0.15) is 17.5 Å². The first-order chi connectivity index (χ1) is 11.5. The van der Waals surface area contributed by atoms with E-state index in [-0.39, 0.29) is 18.9 Å². The first-order valence-electron chi connectivity index (χ1n) is 7.18. The number of carboxylic acid groups (broad SMARTS) is 1. The molecule has 0 unspecified atom stereocenters. The second kappa shape index (κ2) is 7.53. The van der Waals surface area contributed by atoms with Crippen molar-refractivity contribution >= 4 is 18.2 Å². The average molecular weight is 337 g/mol. The number of β-lactam (4-membered cyclic amide) rings is 1. The first-order valence-corrected chi connectivity index (χ1v) is 7.18. The maximum atomic E-state index is 12.2. The van der Waals surface area contributed by atoms with Crippen molar-refractivity contribution in [2.75, 3.05) is 14.2 Å². The molecular weight excluding hydrogens is 318 g/mol. The second-order valence-corrected chi connectivity index (χ2v) is 5.17. The number of nitrogens with one attached hydrogen (secondary N) is 1. The summed E-state index contributed by atoms with van der Waals surface area (Å²) in [6, 6.07) is 3.94. The maximum absolute atomic E-state index is 12.2. The van der Waals surface area contributed by atoms with Crippen LogP contribution in [0.3, 0.4) is 0 Å². The van der Waals surface area contributed by atoms with Crippen LogP contribution in [0.5, 0.6) is 11.5 Å². The Morgan fingerprint density at radius 3 is 2.75 bits per heavy atom. The highest BCUT2D eigenvalue weighted by atomic mass is 16.5.